The van der Waals surface area contributed by atoms with Crippen LogP contribution in [-0.4, -0.2) is 125 Å². The molecule has 6 aromatic rings. The number of likely N-dealkylation sites (tertiary alicyclic amines) is 2. The molecule has 0 bridgehead atoms. The van der Waals surface area contributed by atoms with Crippen LogP contribution in [0.5, 0.6) is 28.7 Å². The number of hydrogen-bond donors (Lipinski definition) is 3. The number of rotatable bonds is 9. The Morgan fingerprint density at radius 3 is 1.61 bits per heavy atom. The maximum Gasteiger partial charge on any atom is 0.569 e. The molecule has 2 aromatic carbocycles. The quantitative estimate of drug-likeness (QED) is 0.137. The molecular formula is C42H49BClN8O10. The third kappa shape index (κ3) is 12.5. The maximum atomic E-state index is 12.0. The van der Waals surface area contributed by atoms with Gasteiger partial charge < -0.3 is 48.6 Å². The molecule has 2 fully saturated rings. The molecule has 0 atom stereocenters. The van der Waals surface area contributed by atoms with E-state index in [4.69, 9.17) is 40.7 Å². The molecule has 2 amide bonds. The average molecular weight is 872 g/mol. The first-order valence-corrected chi connectivity index (χ1v) is 20.1. The molecule has 2 aliphatic heterocycles. The molecule has 0 saturated carbocycles. The van der Waals surface area contributed by atoms with Crippen molar-refractivity contribution in [1.29, 1.82) is 0 Å². The van der Waals surface area contributed by atoms with Gasteiger partial charge in [0.15, 0.2) is 11.5 Å². The van der Waals surface area contributed by atoms with Gasteiger partial charge in [-0.15, -0.1) is 20.4 Å². The zero-order valence-corrected chi connectivity index (χ0v) is 36.0. The number of ether oxygens (including phenoxy) is 4. The van der Waals surface area contributed by atoms with Crippen molar-refractivity contribution in [3.8, 4) is 39.9 Å². The summed E-state index contributed by atoms with van der Waals surface area (Å²) in [5.41, 5.74) is 2.17. The fourth-order valence-corrected chi connectivity index (χ4v) is 6.31. The van der Waals surface area contributed by atoms with Gasteiger partial charge in [0, 0.05) is 62.0 Å². The SMILES string of the molecule is CC(C)(C)OC(=O)N1CC(COc2cc(-c3ccc(O)cc3)cn3cnnc23)C1.CC(C)(C)OC(=O)N1CC(COc2cc(Cl)cn3cnnc23)C1.O[B]Oc1ccc(O)cc1. The molecule has 0 unspecified atom stereocenters. The lowest BCUT2D eigenvalue weighted by Crippen LogP contribution is -2.53. The van der Waals surface area contributed by atoms with Crippen LogP contribution in [-0.2, 0) is 9.47 Å². The van der Waals surface area contributed by atoms with E-state index in [0.717, 1.165) is 11.1 Å². The van der Waals surface area contributed by atoms with E-state index in [1.165, 1.54) is 12.1 Å². The molecule has 327 valence electrons. The van der Waals surface area contributed by atoms with E-state index in [2.05, 4.69) is 25.0 Å². The summed E-state index contributed by atoms with van der Waals surface area (Å²) in [5.74, 6) is 2.60. The van der Waals surface area contributed by atoms with Crippen molar-refractivity contribution in [2.75, 3.05) is 39.4 Å². The lowest BCUT2D eigenvalue weighted by atomic mass is 10.0. The number of fused-ring (bicyclic) bond motifs is 2. The summed E-state index contributed by atoms with van der Waals surface area (Å²) in [6.07, 6.45) is 6.26. The molecule has 4 aromatic heterocycles. The first-order valence-electron chi connectivity index (χ1n) is 19.7. The average Bonchev–Trinajstić information content (AvgIpc) is 3.84. The molecule has 62 heavy (non-hydrogen) atoms. The molecule has 2 saturated heterocycles. The van der Waals surface area contributed by atoms with Gasteiger partial charge in [0.05, 0.1) is 18.2 Å². The first kappa shape index (κ1) is 45.1. The number of hydrogen-bond acceptors (Lipinski definition) is 14. The van der Waals surface area contributed by atoms with Crippen LogP contribution in [0.3, 0.4) is 0 Å². The number of phenolic OH excluding ortho intramolecular Hbond substituents is 2. The summed E-state index contributed by atoms with van der Waals surface area (Å²) in [4.78, 5) is 27.3. The molecule has 0 aliphatic carbocycles. The molecule has 8 rings (SSSR count). The molecule has 6 heterocycles. The number of halogens is 1. The second-order valence-corrected chi connectivity index (χ2v) is 17.1. The third-order valence-electron chi connectivity index (χ3n) is 9.08. The van der Waals surface area contributed by atoms with Crippen molar-refractivity contribution in [1.82, 2.24) is 39.0 Å². The Morgan fingerprint density at radius 1 is 0.694 bits per heavy atom. The zero-order valence-electron chi connectivity index (χ0n) is 35.2. The fraction of sp³-hybridized carbons (Fsp3) is 0.381. The van der Waals surface area contributed by atoms with Gasteiger partial charge in [0.2, 0.25) is 11.3 Å². The highest BCUT2D eigenvalue weighted by Gasteiger charge is 2.35. The number of pyridine rings is 2. The summed E-state index contributed by atoms with van der Waals surface area (Å²) < 4.78 is 30.7. The molecule has 18 nitrogen and oxygen atoms in total. The van der Waals surface area contributed by atoms with Crippen molar-refractivity contribution < 1.29 is 48.4 Å². The number of nitrogens with zero attached hydrogens (tertiary/aromatic N) is 8. The Balaban J connectivity index is 0.000000173. The number of benzene rings is 2. The van der Waals surface area contributed by atoms with Gasteiger partial charge in [0.25, 0.3) is 0 Å². The number of aromatic hydroxyl groups is 2. The van der Waals surface area contributed by atoms with Crippen molar-refractivity contribution in [3.05, 3.63) is 90.7 Å². The van der Waals surface area contributed by atoms with Crippen molar-refractivity contribution in [2.24, 2.45) is 11.8 Å². The van der Waals surface area contributed by atoms with Gasteiger partial charge in [-0.3, -0.25) is 8.80 Å². The Kier molecular flexibility index (Phi) is 14.2. The van der Waals surface area contributed by atoms with Gasteiger partial charge in [-0.05, 0) is 89.6 Å². The highest BCUT2D eigenvalue weighted by molar-refractivity contribution is 6.30. The van der Waals surface area contributed by atoms with E-state index in [1.54, 1.807) is 63.4 Å². The second kappa shape index (κ2) is 19.5. The van der Waals surface area contributed by atoms with Crippen LogP contribution < -0.4 is 14.1 Å². The van der Waals surface area contributed by atoms with Crippen LogP contribution in [0.4, 0.5) is 9.59 Å². The predicted octanol–water partition coefficient (Wildman–Crippen LogP) is 6.27. The lowest BCUT2D eigenvalue weighted by molar-refractivity contribution is -0.00860. The van der Waals surface area contributed by atoms with Gasteiger partial charge in [-0.25, -0.2) is 9.59 Å². The molecular weight excluding hydrogens is 823 g/mol. The second-order valence-electron chi connectivity index (χ2n) is 16.6. The smallest absolute Gasteiger partial charge is 0.537 e. The Labute approximate surface area is 363 Å². The van der Waals surface area contributed by atoms with Crippen LogP contribution in [0.1, 0.15) is 41.5 Å². The van der Waals surface area contributed by atoms with E-state index in [0.29, 0.717) is 80.6 Å². The zero-order chi connectivity index (χ0) is 44.6. The minimum atomic E-state index is -0.493. The van der Waals surface area contributed by atoms with Gasteiger partial charge in [-0.1, -0.05) is 23.7 Å². The van der Waals surface area contributed by atoms with Gasteiger partial charge in [-0.2, -0.15) is 0 Å². The van der Waals surface area contributed by atoms with Crippen molar-refractivity contribution in [2.45, 2.75) is 52.7 Å². The number of aromatic nitrogens is 6. The largest absolute Gasteiger partial charge is 0.569 e. The highest BCUT2D eigenvalue weighted by atomic mass is 35.5. The number of carbonyl (C=O) groups excluding carboxylic acids is 2. The normalized spacial score (nSPS) is 14.1. The third-order valence-corrected chi connectivity index (χ3v) is 9.28. The van der Waals surface area contributed by atoms with Crippen molar-refractivity contribution >= 4 is 42.8 Å². The van der Waals surface area contributed by atoms with E-state index in [9.17, 15) is 14.7 Å². The maximum absolute atomic E-state index is 12.0. The highest BCUT2D eigenvalue weighted by Crippen LogP contribution is 2.30. The summed E-state index contributed by atoms with van der Waals surface area (Å²) in [7, 11) is 0.590. The van der Waals surface area contributed by atoms with Crippen LogP contribution in [0, 0.1) is 11.8 Å². The summed E-state index contributed by atoms with van der Waals surface area (Å²) in [6.45, 7) is 14.6. The topological polar surface area (TPSA) is 208 Å². The van der Waals surface area contributed by atoms with Gasteiger partial charge in [0.1, 0.15) is 41.1 Å². The van der Waals surface area contributed by atoms with Crippen LogP contribution in [0.15, 0.2) is 85.7 Å². The number of carbonyl (C=O) groups is 2. The standard InChI is InChI=1S/C21H24N4O4.C15H19ClN4O3.C6H6BO3/c1-21(2,3)29-20(27)24-9-14(10-24)12-28-18-8-16(11-25-13-22-23-19(18)25)15-4-6-17(26)7-5-15;1-15(2,3)23-14(21)19-5-10(6-19)8-22-12-4-11(16)7-20-9-17-18-13(12)20;8-5-1-3-6(4-2-5)10-7-9/h4-8,11,13-14,26H,9-10,12H2,1-3H3;4,7,9-10H,5-6,8H2,1-3H3;1-4,8-9H. The first-order chi connectivity index (χ1) is 29.4. The summed E-state index contributed by atoms with van der Waals surface area (Å²) >= 11 is 6.04. The predicted molar refractivity (Wildman–Crippen MR) is 228 cm³/mol. The Hall–Kier alpha value is -6.47. The fourth-order valence-electron chi connectivity index (χ4n) is 6.11. The molecule has 20 heteroatoms. The van der Waals surface area contributed by atoms with E-state index in [1.807, 2.05) is 70.3 Å². The monoisotopic (exact) mass is 871 g/mol. The van der Waals surface area contributed by atoms with E-state index in [-0.39, 0.29) is 35.5 Å². The molecule has 1 radical (unpaired) electrons. The Bertz CT molecular complexity index is 2430. The molecule has 0 spiro atoms. The Morgan fingerprint density at radius 2 is 1.15 bits per heavy atom. The van der Waals surface area contributed by atoms with Crippen LogP contribution in [0.25, 0.3) is 22.4 Å². The van der Waals surface area contributed by atoms with Crippen LogP contribution >= 0.6 is 11.6 Å². The summed E-state index contributed by atoms with van der Waals surface area (Å²) in [6, 6.07) is 16.6. The van der Waals surface area contributed by atoms with E-state index < -0.39 is 11.2 Å². The number of amides is 2. The van der Waals surface area contributed by atoms with Crippen molar-refractivity contribution in [3.63, 3.8) is 0 Å². The number of phenols is 2. The van der Waals surface area contributed by atoms with Crippen LogP contribution in [0.2, 0.25) is 5.02 Å². The minimum Gasteiger partial charge on any atom is -0.537 e. The molecule has 2 aliphatic rings. The summed E-state index contributed by atoms with van der Waals surface area (Å²) in [5, 5.41) is 43.0. The van der Waals surface area contributed by atoms with Gasteiger partial charge >= 0.3 is 19.9 Å². The minimum absolute atomic E-state index is 0.172. The molecule has 3 N–H and O–H groups in total. The van der Waals surface area contributed by atoms with E-state index >= 15 is 0 Å². The lowest BCUT2D eigenvalue weighted by Gasteiger charge is -2.39.